The van der Waals surface area contributed by atoms with Crippen LogP contribution in [0.15, 0.2) is 11.4 Å². The van der Waals surface area contributed by atoms with E-state index in [2.05, 4.69) is 47.0 Å². The van der Waals surface area contributed by atoms with E-state index in [1.807, 2.05) is 0 Å². The van der Waals surface area contributed by atoms with Crippen molar-refractivity contribution in [2.75, 3.05) is 37.6 Å². The summed E-state index contributed by atoms with van der Waals surface area (Å²) in [5.74, 6) is 2.89. The number of anilines is 1. The SMILES string of the molecule is CCc1nc(N2CCC(CN(CC)CC)C2)c2ccsc2n1. The second-order valence-electron chi connectivity index (χ2n) is 6.04. The number of fused-ring (bicyclic) bond motifs is 1. The predicted octanol–water partition coefficient (Wildman–Crippen LogP) is 3.42. The van der Waals surface area contributed by atoms with Gasteiger partial charge in [0.15, 0.2) is 0 Å². The second-order valence-corrected chi connectivity index (χ2v) is 6.94. The van der Waals surface area contributed by atoms with Crippen molar-refractivity contribution >= 4 is 27.4 Å². The number of rotatable bonds is 6. The van der Waals surface area contributed by atoms with Gasteiger partial charge < -0.3 is 9.80 Å². The molecule has 2 aromatic heterocycles. The minimum absolute atomic E-state index is 0.758. The molecule has 0 bridgehead atoms. The molecule has 1 atom stereocenters. The molecular weight excluding hydrogens is 292 g/mol. The van der Waals surface area contributed by atoms with Crippen molar-refractivity contribution in [1.82, 2.24) is 14.9 Å². The van der Waals surface area contributed by atoms with Crippen LogP contribution in [0.3, 0.4) is 0 Å². The molecule has 1 saturated heterocycles. The highest BCUT2D eigenvalue weighted by molar-refractivity contribution is 7.16. The summed E-state index contributed by atoms with van der Waals surface area (Å²) < 4.78 is 0. The molecule has 2 aromatic rings. The molecule has 0 saturated carbocycles. The average Bonchev–Trinajstić information content (AvgIpc) is 3.20. The molecule has 1 aliphatic heterocycles. The molecule has 0 aliphatic carbocycles. The van der Waals surface area contributed by atoms with Crippen LogP contribution in [0.1, 0.15) is 33.0 Å². The number of hydrogen-bond acceptors (Lipinski definition) is 5. The molecule has 4 nitrogen and oxygen atoms in total. The second kappa shape index (κ2) is 6.92. The monoisotopic (exact) mass is 318 g/mol. The Hall–Kier alpha value is -1.20. The van der Waals surface area contributed by atoms with Crippen molar-refractivity contribution in [1.29, 1.82) is 0 Å². The highest BCUT2D eigenvalue weighted by atomic mass is 32.1. The van der Waals surface area contributed by atoms with E-state index in [-0.39, 0.29) is 0 Å². The maximum absolute atomic E-state index is 4.84. The third kappa shape index (κ3) is 3.10. The summed E-state index contributed by atoms with van der Waals surface area (Å²) in [5, 5.41) is 3.36. The van der Waals surface area contributed by atoms with Gasteiger partial charge in [0.05, 0.1) is 5.39 Å². The van der Waals surface area contributed by atoms with Crippen molar-refractivity contribution in [3.8, 4) is 0 Å². The Morgan fingerprint density at radius 1 is 1.27 bits per heavy atom. The fourth-order valence-electron chi connectivity index (χ4n) is 3.30. The number of aromatic nitrogens is 2. The third-order valence-corrected chi connectivity index (χ3v) is 5.47. The molecule has 1 unspecified atom stereocenters. The first kappa shape index (κ1) is 15.7. The van der Waals surface area contributed by atoms with Crippen LogP contribution in [-0.2, 0) is 6.42 Å². The van der Waals surface area contributed by atoms with Crippen molar-refractivity contribution in [3.05, 3.63) is 17.3 Å². The van der Waals surface area contributed by atoms with E-state index >= 15 is 0 Å². The van der Waals surface area contributed by atoms with Crippen molar-refractivity contribution in [2.24, 2.45) is 5.92 Å². The first-order valence-corrected chi connectivity index (χ1v) is 9.34. The van der Waals surface area contributed by atoms with Crippen LogP contribution in [-0.4, -0.2) is 47.6 Å². The normalized spacial score (nSPS) is 18.7. The molecular formula is C17H26N4S. The van der Waals surface area contributed by atoms with Gasteiger partial charge in [-0.25, -0.2) is 9.97 Å². The summed E-state index contributed by atoms with van der Waals surface area (Å²) in [6.07, 6.45) is 2.17. The maximum Gasteiger partial charge on any atom is 0.141 e. The lowest BCUT2D eigenvalue weighted by Gasteiger charge is -2.23. The van der Waals surface area contributed by atoms with Crippen molar-refractivity contribution in [3.63, 3.8) is 0 Å². The van der Waals surface area contributed by atoms with E-state index in [0.717, 1.165) is 55.0 Å². The highest BCUT2D eigenvalue weighted by Crippen LogP contribution is 2.31. The minimum atomic E-state index is 0.758. The fourth-order valence-corrected chi connectivity index (χ4v) is 4.08. The van der Waals surface area contributed by atoms with Gasteiger partial charge in [-0.15, -0.1) is 11.3 Å². The molecule has 0 aromatic carbocycles. The zero-order valence-electron chi connectivity index (χ0n) is 13.9. The highest BCUT2D eigenvalue weighted by Gasteiger charge is 2.26. The summed E-state index contributed by atoms with van der Waals surface area (Å²) in [7, 11) is 0. The van der Waals surface area contributed by atoms with E-state index in [0.29, 0.717) is 0 Å². The van der Waals surface area contributed by atoms with Crippen LogP contribution in [0.25, 0.3) is 10.2 Å². The van der Waals surface area contributed by atoms with Crippen LogP contribution in [0, 0.1) is 5.92 Å². The smallest absolute Gasteiger partial charge is 0.141 e. The molecule has 0 radical (unpaired) electrons. The fraction of sp³-hybridized carbons (Fsp3) is 0.647. The van der Waals surface area contributed by atoms with Gasteiger partial charge in [0.25, 0.3) is 0 Å². The van der Waals surface area contributed by atoms with E-state index in [1.54, 1.807) is 11.3 Å². The Morgan fingerprint density at radius 2 is 2.09 bits per heavy atom. The summed E-state index contributed by atoms with van der Waals surface area (Å²) in [6.45, 7) is 12.4. The number of aryl methyl sites for hydroxylation is 1. The lowest BCUT2D eigenvalue weighted by Crippen LogP contribution is -2.31. The van der Waals surface area contributed by atoms with Crippen LogP contribution in [0.4, 0.5) is 5.82 Å². The van der Waals surface area contributed by atoms with E-state index in [9.17, 15) is 0 Å². The van der Waals surface area contributed by atoms with Gasteiger partial charge >= 0.3 is 0 Å². The molecule has 120 valence electrons. The molecule has 5 heteroatoms. The zero-order valence-corrected chi connectivity index (χ0v) is 14.7. The Bertz CT molecular complexity index is 620. The largest absolute Gasteiger partial charge is 0.356 e. The molecule has 22 heavy (non-hydrogen) atoms. The molecule has 0 N–H and O–H groups in total. The van der Waals surface area contributed by atoms with Gasteiger partial charge in [0.1, 0.15) is 16.5 Å². The molecule has 0 spiro atoms. The Labute approximate surface area is 137 Å². The number of hydrogen-bond donors (Lipinski definition) is 0. The van der Waals surface area contributed by atoms with Crippen molar-refractivity contribution in [2.45, 2.75) is 33.6 Å². The Kier molecular flexibility index (Phi) is 4.93. The molecule has 1 fully saturated rings. The van der Waals surface area contributed by atoms with Gasteiger partial charge in [-0.3, -0.25) is 0 Å². The van der Waals surface area contributed by atoms with Gasteiger partial charge in [0.2, 0.25) is 0 Å². The summed E-state index contributed by atoms with van der Waals surface area (Å²) >= 11 is 1.72. The number of nitrogens with zero attached hydrogens (tertiary/aromatic N) is 4. The summed E-state index contributed by atoms with van der Waals surface area (Å²) in [6, 6.07) is 2.17. The topological polar surface area (TPSA) is 32.3 Å². The van der Waals surface area contributed by atoms with Crippen LogP contribution in [0.5, 0.6) is 0 Å². The van der Waals surface area contributed by atoms with Crippen LogP contribution >= 0.6 is 11.3 Å². The molecule has 0 amide bonds. The Balaban J connectivity index is 1.79. The van der Waals surface area contributed by atoms with Crippen LogP contribution in [0.2, 0.25) is 0 Å². The molecule has 1 aliphatic rings. The van der Waals surface area contributed by atoms with Gasteiger partial charge in [-0.05, 0) is 36.9 Å². The van der Waals surface area contributed by atoms with E-state index in [1.165, 1.54) is 18.4 Å². The zero-order chi connectivity index (χ0) is 15.5. The lowest BCUT2D eigenvalue weighted by molar-refractivity contribution is 0.261. The third-order valence-electron chi connectivity index (χ3n) is 4.66. The average molecular weight is 318 g/mol. The van der Waals surface area contributed by atoms with Crippen LogP contribution < -0.4 is 4.90 Å². The minimum Gasteiger partial charge on any atom is -0.356 e. The lowest BCUT2D eigenvalue weighted by atomic mass is 10.1. The van der Waals surface area contributed by atoms with E-state index in [4.69, 9.17) is 4.98 Å². The van der Waals surface area contributed by atoms with Crippen molar-refractivity contribution < 1.29 is 0 Å². The first-order valence-electron chi connectivity index (χ1n) is 8.46. The number of thiophene rings is 1. The van der Waals surface area contributed by atoms with Gasteiger partial charge in [-0.1, -0.05) is 20.8 Å². The predicted molar refractivity (Wildman–Crippen MR) is 94.9 cm³/mol. The maximum atomic E-state index is 4.84. The standard InChI is InChI=1S/C17H26N4S/c1-4-15-18-16(14-8-10-22-17(14)19-15)21-9-7-13(12-21)11-20(5-2)6-3/h8,10,13H,4-7,9,11-12H2,1-3H3. The summed E-state index contributed by atoms with van der Waals surface area (Å²) in [4.78, 5) is 15.6. The van der Waals surface area contributed by atoms with Gasteiger partial charge in [-0.2, -0.15) is 0 Å². The molecule has 3 heterocycles. The quantitative estimate of drug-likeness (QED) is 0.817. The molecule has 3 rings (SSSR count). The van der Waals surface area contributed by atoms with Gasteiger partial charge in [0, 0.05) is 26.1 Å². The first-order chi connectivity index (χ1) is 10.7. The summed E-state index contributed by atoms with van der Waals surface area (Å²) in [5.41, 5.74) is 0. The van der Waals surface area contributed by atoms with E-state index < -0.39 is 0 Å². The Morgan fingerprint density at radius 3 is 2.82 bits per heavy atom.